The smallest absolute Gasteiger partial charge is 0.133 e. The number of hydrogen-bond acceptors (Lipinski definition) is 2. The molecule has 0 saturated heterocycles. The molecule has 0 amide bonds. The van der Waals surface area contributed by atoms with E-state index in [1.54, 1.807) is 0 Å². The predicted molar refractivity (Wildman–Crippen MR) is 69.5 cm³/mol. The molecule has 1 atom stereocenters. The minimum atomic E-state index is 0.515. The molecule has 1 aliphatic rings. The van der Waals surface area contributed by atoms with Crippen LogP contribution in [-0.2, 0) is 0 Å². The Kier molecular flexibility index (Phi) is 4.24. The van der Waals surface area contributed by atoms with Crippen LogP contribution in [0.2, 0.25) is 0 Å². The van der Waals surface area contributed by atoms with Gasteiger partial charge >= 0.3 is 0 Å². The van der Waals surface area contributed by atoms with Crippen LogP contribution < -0.4 is 10.5 Å². The van der Waals surface area contributed by atoms with Gasteiger partial charge < -0.3 is 10.5 Å². The molecular weight excluding hydrogens is 266 g/mol. The molecular formula is C13H18BrNO. The first-order chi connectivity index (χ1) is 7.81. The van der Waals surface area contributed by atoms with Crippen LogP contribution >= 0.6 is 15.9 Å². The minimum Gasteiger partial charge on any atom is -0.492 e. The van der Waals surface area contributed by atoms with Crippen molar-refractivity contribution in [3.63, 3.8) is 0 Å². The van der Waals surface area contributed by atoms with Crippen LogP contribution in [0.25, 0.3) is 0 Å². The fourth-order valence-corrected chi connectivity index (χ4v) is 2.47. The summed E-state index contributed by atoms with van der Waals surface area (Å²) in [7, 11) is 0. The minimum absolute atomic E-state index is 0.515. The number of rotatable bonds is 5. The van der Waals surface area contributed by atoms with Crippen molar-refractivity contribution < 1.29 is 4.74 Å². The van der Waals surface area contributed by atoms with E-state index in [4.69, 9.17) is 10.5 Å². The fourth-order valence-electron chi connectivity index (χ4n) is 2.07. The maximum Gasteiger partial charge on any atom is 0.133 e. The van der Waals surface area contributed by atoms with Crippen LogP contribution in [0.1, 0.15) is 19.3 Å². The normalized spacial score (nSPS) is 17.9. The molecule has 1 aromatic carbocycles. The van der Waals surface area contributed by atoms with Crippen LogP contribution in [0.4, 0.5) is 0 Å². The Bertz CT molecular complexity index is 338. The van der Waals surface area contributed by atoms with Crippen LogP contribution in [0.3, 0.4) is 0 Å². The summed E-state index contributed by atoms with van der Waals surface area (Å²) in [6.07, 6.45) is 4.00. The van der Waals surface area contributed by atoms with Gasteiger partial charge in [-0.1, -0.05) is 18.6 Å². The van der Waals surface area contributed by atoms with Crippen molar-refractivity contribution in [2.45, 2.75) is 19.3 Å². The fraction of sp³-hybridized carbons (Fsp3) is 0.538. The molecule has 1 saturated carbocycles. The van der Waals surface area contributed by atoms with Crippen molar-refractivity contribution in [3.05, 3.63) is 28.7 Å². The Hall–Kier alpha value is -0.540. The van der Waals surface area contributed by atoms with E-state index in [0.29, 0.717) is 5.92 Å². The Morgan fingerprint density at radius 3 is 2.69 bits per heavy atom. The molecule has 1 aromatic rings. The quantitative estimate of drug-likeness (QED) is 0.901. The van der Waals surface area contributed by atoms with E-state index < -0.39 is 0 Å². The Morgan fingerprint density at radius 2 is 2.12 bits per heavy atom. The predicted octanol–water partition coefficient (Wildman–Crippen LogP) is 3.20. The molecule has 16 heavy (non-hydrogen) atoms. The van der Waals surface area contributed by atoms with Crippen molar-refractivity contribution in [2.24, 2.45) is 17.6 Å². The van der Waals surface area contributed by atoms with E-state index in [-0.39, 0.29) is 0 Å². The highest BCUT2D eigenvalue weighted by Crippen LogP contribution is 2.34. The number of para-hydroxylation sites is 1. The first kappa shape index (κ1) is 11.9. The maximum atomic E-state index is 5.82. The van der Waals surface area contributed by atoms with Gasteiger partial charge in [0.1, 0.15) is 5.75 Å². The summed E-state index contributed by atoms with van der Waals surface area (Å²) < 4.78 is 6.83. The highest BCUT2D eigenvalue weighted by Gasteiger charge is 2.26. The molecule has 0 radical (unpaired) electrons. The number of ether oxygens (including phenoxy) is 1. The molecule has 88 valence electrons. The molecule has 2 rings (SSSR count). The third-order valence-electron chi connectivity index (χ3n) is 3.41. The van der Waals surface area contributed by atoms with Crippen LogP contribution in [0, 0.1) is 11.8 Å². The van der Waals surface area contributed by atoms with Gasteiger partial charge in [-0.15, -0.1) is 0 Å². The number of halogens is 1. The summed E-state index contributed by atoms with van der Waals surface area (Å²) in [6, 6.07) is 7.96. The van der Waals surface area contributed by atoms with Gasteiger partial charge in [0.2, 0.25) is 0 Å². The second kappa shape index (κ2) is 5.69. The number of hydrogen-bond donors (Lipinski definition) is 1. The molecule has 2 nitrogen and oxygen atoms in total. The van der Waals surface area contributed by atoms with E-state index in [9.17, 15) is 0 Å². The van der Waals surface area contributed by atoms with Crippen LogP contribution in [0.15, 0.2) is 28.7 Å². The Morgan fingerprint density at radius 1 is 1.38 bits per heavy atom. The van der Waals surface area contributed by atoms with Gasteiger partial charge in [-0.3, -0.25) is 0 Å². The van der Waals surface area contributed by atoms with Crippen molar-refractivity contribution in [1.29, 1.82) is 0 Å². The van der Waals surface area contributed by atoms with E-state index in [1.807, 2.05) is 24.3 Å². The summed E-state index contributed by atoms with van der Waals surface area (Å²) >= 11 is 3.48. The highest BCUT2D eigenvalue weighted by atomic mass is 79.9. The zero-order valence-corrected chi connectivity index (χ0v) is 10.9. The van der Waals surface area contributed by atoms with Crippen molar-refractivity contribution in [1.82, 2.24) is 0 Å². The van der Waals surface area contributed by atoms with E-state index in [0.717, 1.165) is 29.3 Å². The number of benzene rings is 1. The lowest BCUT2D eigenvalue weighted by Crippen LogP contribution is -2.32. The lowest BCUT2D eigenvalue weighted by molar-refractivity contribution is 0.141. The van der Waals surface area contributed by atoms with E-state index in [1.165, 1.54) is 19.3 Å². The Labute approximate surface area is 105 Å². The summed E-state index contributed by atoms with van der Waals surface area (Å²) in [6.45, 7) is 1.47. The molecule has 3 heteroatoms. The van der Waals surface area contributed by atoms with Crippen LogP contribution in [-0.4, -0.2) is 13.2 Å². The second-order valence-corrected chi connectivity index (χ2v) is 5.28. The standard InChI is InChI=1S/C13H18BrNO/c14-12-6-1-2-7-13(12)16-9-11(8-15)10-4-3-5-10/h1-2,6-7,10-11H,3-5,8-9,15H2. The lowest BCUT2D eigenvalue weighted by Gasteiger charge is -2.32. The molecule has 0 bridgehead atoms. The summed E-state index contributed by atoms with van der Waals surface area (Å²) in [5.74, 6) is 2.22. The van der Waals surface area contributed by atoms with Gasteiger partial charge in [0.05, 0.1) is 11.1 Å². The van der Waals surface area contributed by atoms with E-state index >= 15 is 0 Å². The third kappa shape index (κ3) is 2.77. The third-order valence-corrected chi connectivity index (χ3v) is 4.06. The molecule has 1 unspecified atom stereocenters. The average molecular weight is 284 g/mol. The number of nitrogens with two attached hydrogens (primary N) is 1. The van der Waals surface area contributed by atoms with Gasteiger partial charge in [0.25, 0.3) is 0 Å². The molecule has 0 aliphatic heterocycles. The van der Waals surface area contributed by atoms with Gasteiger partial charge in [-0.25, -0.2) is 0 Å². The molecule has 0 heterocycles. The first-order valence-electron chi connectivity index (χ1n) is 5.88. The Balaban J connectivity index is 1.88. The van der Waals surface area contributed by atoms with Gasteiger partial charge in [-0.05, 0) is 53.4 Å². The van der Waals surface area contributed by atoms with Crippen molar-refractivity contribution in [2.75, 3.05) is 13.2 Å². The molecule has 1 fully saturated rings. The monoisotopic (exact) mass is 283 g/mol. The molecule has 0 spiro atoms. The molecule has 2 N–H and O–H groups in total. The van der Waals surface area contributed by atoms with Gasteiger partial charge in [0.15, 0.2) is 0 Å². The summed E-state index contributed by atoms with van der Waals surface area (Å²) in [5, 5.41) is 0. The van der Waals surface area contributed by atoms with Crippen molar-refractivity contribution in [3.8, 4) is 5.75 Å². The van der Waals surface area contributed by atoms with Gasteiger partial charge in [0, 0.05) is 5.92 Å². The maximum absolute atomic E-state index is 5.82. The molecule has 0 aromatic heterocycles. The first-order valence-corrected chi connectivity index (χ1v) is 6.68. The van der Waals surface area contributed by atoms with Gasteiger partial charge in [-0.2, -0.15) is 0 Å². The lowest BCUT2D eigenvalue weighted by atomic mass is 9.76. The zero-order valence-electron chi connectivity index (χ0n) is 9.36. The highest BCUT2D eigenvalue weighted by molar-refractivity contribution is 9.10. The zero-order chi connectivity index (χ0) is 11.4. The average Bonchev–Trinajstić information content (AvgIpc) is 2.23. The SMILES string of the molecule is NCC(COc1ccccc1Br)C1CCC1. The van der Waals surface area contributed by atoms with Crippen LogP contribution in [0.5, 0.6) is 5.75 Å². The summed E-state index contributed by atoms with van der Waals surface area (Å²) in [4.78, 5) is 0. The van der Waals surface area contributed by atoms with Crippen molar-refractivity contribution >= 4 is 15.9 Å². The topological polar surface area (TPSA) is 35.2 Å². The largest absolute Gasteiger partial charge is 0.492 e. The molecule has 1 aliphatic carbocycles. The second-order valence-electron chi connectivity index (χ2n) is 4.43. The summed E-state index contributed by atoms with van der Waals surface area (Å²) in [5.41, 5.74) is 5.79. The van der Waals surface area contributed by atoms with E-state index in [2.05, 4.69) is 15.9 Å².